The monoisotopic (exact) mass is 583 g/mol. The number of rotatable bonds is 5. The quantitative estimate of drug-likeness (QED) is 0.526. The van der Waals surface area contributed by atoms with Crippen LogP contribution >= 0.6 is 0 Å². The van der Waals surface area contributed by atoms with Gasteiger partial charge in [0.15, 0.2) is 23.0 Å². The van der Waals surface area contributed by atoms with E-state index in [1.165, 1.54) is 7.11 Å². The smallest absolute Gasteiger partial charge is 0.231 e. The van der Waals surface area contributed by atoms with Gasteiger partial charge >= 0.3 is 0 Å². The number of allylic oxidation sites excluding steroid dienone is 2. The SMILES string of the molecule is COC1=C(C)C(=O)C2=C(C1=O)[C@@H]1[C@@H]3Cc4c(OCc5ccccc5)c(C)c5c(c4[C@H](CO)N3[C@@H](C#N)[C@H](C2)N1C)OCO5. The predicted octanol–water partition coefficient (Wildman–Crippen LogP) is 2.91. The molecule has 4 aliphatic heterocycles. The molecule has 1 N–H and O–H groups in total. The number of hydrogen-bond acceptors (Lipinski definition) is 10. The number of ketones is 2. The van der Waals surface area contributed by atoms with Crippen LogP contribution in [0.2, 0.25) is 0 Å². The molecule has 0 amide bonds. The maximum atomic E-state index is 13.9. The Morgan fingerprint density at radius 1 is 1.07 bits per heavy atom. The summed E-state index contributed by atoms with van der Waals surface area (Å²) in [6.07, 6.45) is 0.654. The number of carbonyl (C=O) groups is 2. The first-order valence-corrected chi connectivity index (χ1v) is 14.5. The van der Waals surface area contributed by atoms with Gasteiger partial charge in [0.05, 0.1) is 31.9 Å². The van der Waals surface area contributed by atoms with E-state index in [0.29, 0.717) is 47.0 Å². The minimum atomic E-state index is -0.658. The number of likely N-dealkylation sites (N-methyl/N-ethyl adjacent to an activating group) is 1. The summed E-state index contributed by atoms with van der Waals surface area (Å²) in [6.45, 7) is 3.62. The highest BCUT2D eigenvalue weighted by Crippen LogP contribution is 2.56. The van der Waals surface area contributed by atoms with Crippen LogP contribution in [-0.2, 0) is 27.4 Å². The van der Waals surface area contributed by atoms with Gasteiger partial charge in [-0.25, -0.2) is 0 Å². The van der Waals surface area contributed by atoms with Crippen LogP contribution in [0.5, 0.6) is 17.2 Å². The van der Waals surface area contributed by atoms with Gasteiger partial charge in [0, 0.05) is 45.5 Å². The fourth-order valence-electron chi connectivity index (χ4n) is 7.94. The van der Waals surface area contributed by atoms with E-state index in [1.807, 2.05) is 49.2 Å². The third-order valence-electron chi connectivity index (χ3n) is 9.81. The Labute approximate surface area is 249 Å². The molecule has 43 heavy (non-hydrogen) atoms. The predicted molar refractivity (Wildman–Crippen MR) is 153 cm³/mol. The number of hydrogen-bond donors (Lipinski definition) is 1. The van der Waals surface area contributed by atoms with Gasteiger partial charge in [0.25, 0.3) is 0 Å². The van der Waals surface area contributed by atoms with E-state index < -0.39 is 24.2 Å². The Morgan fingerprint density at radius 2 is 1.81 bits per heavy atom. The number of aliphatic hydroxyl groups is 1. The van der Waals surface area contributed by atoms with Crippen LogP contribution in [0.15, 0.2) is 52.8 Å². The van der Waals surface area contributed by atoms with Gasteiger partial charge in [-0.2, -0.15) is 5.26 Å². The van der Waals surface area contributed by atoms with Crippen LogP contribution in [0.3, 0.4) is 0 Å². The summed E-state index contributed by atoms with van der Waals surface area (Å²) < 4.78 is 23.9. The molecule has 7 rings (SSSR count). The first-order chi connectivity index (χ1) is 20.8. The molecule has 2 aromatic carbocycles. The Morgan fingerprint density at radius 3 is 2.51 bits per heavy atom. The maximum absolute atomic E-state index is 13.9. The van der Waals surface area contributed by atoms with Crippen molar-refractivity contribution in [1.82, 2.24) is 9.80 Å². The third-order valence-corrected chi connectivity index (χ3v) is 9.81. The zero-order valence-electron chi connectivity index (χ0n) is 24.5. The summed E-state index contributed by atoms with van der Waals surface area (Å²) in [6, 6.07) is 9.76. The van der Waals surface area contributed by atoms with E-state index in [9.17, 15) is 20.0 Å². The van der Waals surface area contributed by atoms with Crippen LogP contribution in [0, 0.1) is 18.3 Å². The number of fused-ring (bicyclic) bond motifs is 8. The van der Waals surface area contributed by atoms with E-state index in [1.54, 1.807) is 6.92 Å². The van der Waals surface area contributed by atoms with Crippen LogP contribution in [0.1, 0.15) is 41.6 Å². The molecule has 2 aromatic rings. The third kappa shape index (κ3) is 3.81. The van der Waals surface area contributed by atoms with Crippen molar-refractivity contribution >= 4 is 11.6 Å². The molecule has 1 fully saturated rings. The second-order valence-electron chi connectivity index (χ2n) is 11.8. The molecule has 1 aliphatic carbocycles. The molecule has 0 spiro atoms. The van der Waals surface area contributed by atoms with Crippen LogP contribution < -0.4 is 14.2 Å². The molecule has 0 saturated carbocycles. The fraction of sp³-hybridized carbons (Fsp3) is 0.424. The van der Waals surface area contributed by atoms with Crippen molar-refractivity contribution in [2.24, 2.45) is 0 Å². The first kappa shape index (κ1) is 27.7. The second-order valence-corrected chi connectivity index (χ2v) is 11.8. The van der Waals surface area contributed by atoms with Gasteiger partial charge in [-0.15, -0.1) is 0 Å². The summed E-state index contributed by atoms with van der Waals surface area (Å²) in [4.78, 5) is 31.6. The molecule has 5 aliphatic rings. The molecule has 0 radical (unpaired) electrons. The van der Waals surface area contributed by atoms with Gasteiger partial charge in [-0.1, -0.05) is 30.3 Å². The number of Topliss-reactive ketones (excluding diaryl/α,β-unsaturated/α-hetero) is 2. The number of methoxy groups -OCH3 is 1. The summed E-state index contributed by atoms with van der Waals surface area (Å²) >= 11 is 0. The lowest BCUT2D eigenvalue weighted by atomic mass is 9.69. The molecule has 0 unspecified atom stereocenters. The molecule has 222 valence electrons. The number of nitriles is 1. The van der Waals surface area contributed by atoms with Crippen molar-refractivity contribution in [3.63, 3.8) is 0 Å². The lowest BCUT2D eigenvalue weighted by Gasteiger charge is -2.60. The second kappa shape index (κ2) is 10.2. The molecule has 5 atom stereocenters. The highest BCUT2D eigenvalue weighted by Gasteiger charge is 2.58. The molecular weight excluding hydrogens is 550 g/mol. The van der Waals surface area contributed by atoms with E-state index in [0.717, 1.165) is 22.3 Å². The lowest BCUT2D eigenvalue weighted by Crippen LogP contribution is -2.72. The van der Waals surface area contributed by atoms with Crippen molar-refractivity contribution in [2.45, 2.75) is 63.5 Å². The van der Waals surface area contributed by atoms with Crippen molar-refractivity contribution in [3.05, 3.63) is 75.1 Å². The zero-order valence-corrected chi connectivity index (χ0v) is 24.5. The zero-order chi connectivity index (χ0) is 30.2. The van der Waals surface area contributed by atoms with E-state index in [2.05, 4.69) is 11.0 Å². The molecular formula is C33H33N3O7. The lowest BCUT2D eigenvalue weighted by molar-refractivity contribution is -0.123. The number of nitrogens with zero attached hydrogens (tertiary/aromatic N) is 3. The standard InChI is InChI=1S/C33H33N3O7/c1-16-28(38)19-10-21-23(12-34)36-22(27(35(21)3)26(19)29(39)31(16)40-4)11-20-25(24(36)13-37)33-32(42-15-43-33)17(2)30(20)41-14-18-8-6-5-7-9-18/h5-9,21-24,27,37H,10-11,13-15H2,1-4H3/t21-,22-,23-,24-,27-/m0/s1. The van der Waals surface area contributed by atoms with Crippen LogP contribution in [0.4, 0.5) is 0 Å². The average molecular weight is 584 g/mol. The van der Waals surface area contributed by atoms with E-state index in [-0.39, 0.29) is 43.2 Å². The van der Waals surface area contributed by atoms with Gasteiger partial charge in [0.1, 0.15) is 18.4 Å². The van der Waals surface area contributed by atoms with Gasteiger partial charge < -0.3 is 24.1 Å². The molecule has 10 nitrogen and oxygen atoms in total. The number of piperazine rings is 1. The minimum Gasteiger partial charge on any atom is -0.492 e. The van der Waals surface area contributed by atoms with Crippen LogP contribution in [-0.4, -0.2) is 78.2 Å². The molecule has 10 heteroatoms. The number of ether oxygens (including phenoxy) is 4. The highest BCUT2D eigenvalue weighted by molar-refractivity contribution is 6.25. The van der Waals surface area contributed by atoms with Gasteiger partial charge in [0.2, 0.25) is 12.6 Å². The number of benzene rings is 2. The van der Waals surface area contributed by atoms with Crippen molar-refractivity contribution < 1.29 is 33.6 Å². The van der Waals surface area contributed by atoms with Gasteiger partial charge in [-0.05, 0) is 39.3 Å². The Balaban J connectivity index is 1.41. The van der Waals surface area contributed by atoms with E-state index >= 15 is 0 Å². The number of aliphatic hydroxyl groups excluding tert-OH is 1. The Bertz CT molecular complexity index is 1660. The largest absolute Gasteiger partial charge is 0.492 e. The summed E-state index contributed by atoms with van der Waals surface area (Å²) in [5.41, 5.74) is 4.56. The van der Waals surface area contributed by atoms with Crippen molar-refractivity contribution in [1.29, 1.82) is 5.26 Å². The molecule has 2 bridgehead atoms. The topological polar surface area (TPSA) is 122 Å². The molecule has 4 heterocycles. The van der Waals surface area contributed by atoms with Gasteiger partial charge in [-0.3, -0.25) is 19.4 Å². The number of carbonyl (C=O) groups excluding carboxylic acids is 2. The maximum Gasteiger partial charge on any atom is 0.231 e. The van der Waals surface area contributed by atoms with Crippen molar-refractivity contribution in [3.8, 4) is 23.3 Å². The average Bonchev–Trinajstić information content (AvgIpc) is 3.51. The van der Waals surface area contributed by atoms with Crippen LogP contribution in [0.25, 0.3) is 0 Å². The molecule has 0 aromatic heterocycles. The summed E-state index contributed by atoms with van der Waals surface area (Å²) in [5.74, 6) is 1.33. The minimum absolute atomic E-state index is 0.0420. The summed E-state index contributed by atoms with van der Waals surface area (Å²) in [5, 5.41) is 21.6. The fourth-order valence-corrected chi connectivity index (χ4v) is 7.94. The first-order valence-electron chi connectivity index (χ1n) is 14.5. The Hall–Kier alpha value is -4.17. The summed E-state index contributed by atoms with van der Waals surface area (Å²) in [7, 11) is 3.32. The van der Waals surface area contributed by atoms with Crippen molar-refractivity contribution in [2.75, 3.05) is 27.6 Å². The highest BCUT2D eigenvalue weighted by atomic mass is 16.7. The van der Waals surface area contributed by atoms with E-state index in [4.69, 9.17) is 18.9 Å². The Kier molecular flexibility index (Phi) is 6.58. The normalized spacial score (nSPS) is 27.9. The molecule has 1 saturated heterocycles.